The summed E-state index contributed by atoms with van der Waals surface area (Å²) in [4.78, 5) is 12.2. The van der Waals surface area contributed by atoms with Gasteiger partial charge in [0.15, 0.2) is 0 Å². The van der Waals surface area contributed by atoms with Crippen molar-refractivity contribution in [2.45, 2.75) is 24.2 Å². The second kappa shape index (κ2) is 8.49. The minimum atomic E-state index is -3.46. The molecule has 144 valence electrons. The first-order chi connectivity index (χ1) is 12.9. The average molecular weight is 391 g/mol. The van der Waals surface area contributed by atoms with Gasteiger partial charge in [-0.1, -0.05) is 6.42 Å². The molecular formula is C19H22FN3O3S. The van der Waals surface area contributed by atoms with Gasteiger partial charge in [-0.15, -0.1) is 0 Å². The molecule has 2 N–H and O–H groups in total. The van der Waals surface area contributed by atoms with Crippen LogP contribution < -0.4 is 10.6 Å². The van der Waals surface area contributed by atoms with Gasteiger partial charge < -0.3 is 10.6 Å². The van der Waals surface area contributed by atoms with E-state index in [-0.39, 0.29) is 23.2 Å². The molecule has 1 amide bonds. The second-order valence-electron chi connectivity index (χ2n) is 6.40. The van der Waals surface area contributed by atoms with Gasteiger partial charge >= 0.3 is 0 Å². The van der Waals surface area contributed by atoms with Gasteiger partial charge in [-0.2, -0.15) is 4.31 Å². The van der Waals surface area contributed by atoms with Crippen molar-refractivity contribution in [3.05, 3.63) is 54.3 Å². The number of sulfonamides is 1. The topological polar surface area (TPSA) is 78.5 Å². The summed E-state index contributed by atoms with van der Waals surface area (Å²) in [5.41, 5.74) is 1.15. The zero-order chi connectivity index (χ0) is 19.3. The Balaban J connectivity index is 1.55. The molecule has 6 nitrogen and oxygen atoms in total. The number of hydrogen-bond acceptors (Lipinski definition) is 4. The molecule has 2 aromatic rings. The van der Waals surface area contributed by atoms with Gasteiger partial charge in [-0.25, -0.2) is 12.8 Å². The van der Waals surface area contributed by atoms with Crippen LogP contribution in [0, 0.1) is 5.82 Å². The smallest absolute Gasteiger partial charge is 0.243 e. The highest BCUT2D eigenvalue weighted by atomic mass is 32.2. The SMILES string of the molecule is O=C(CNc1ccc(S(=O)(=O)N2CCCCC2)cc1)Nc1ccc(F)cc1. The number of benzene rings is 2. The molecule has 3 rings (SSSR count). The fourth-order valence-corrected chi connectivity index (χ4v) is 4.44. The molecule has 0 saturated carbocycles. The lowest BCUT2D eigenvalue weighted by atomic mass is 10.2. The monoisotopic (exact) mass is 391 g/mol. The molecule has 1 aliphatic heterocycles. The van der Waals surface area contributed by atoms with Crippen LogP contribution in [0.1, 0.15) is 19.3 Å². The van der Waals surface area contributed by atoms with Crippen molar-refractivity contribution >= 4 is 27.3 Å². The van der Waals surface area contributed by atoms with Crippen molar-refractivity contribution in [3.63, 3.8) is 0 Å². The number of carbonyl (C=O) groups excluding carboxylic acids is 1. The third kappa shape index (κ3) is 5.05. The van der Waals surface area contributed by atoms with Crippen LogP contribution in [-0.4, -0.2) is 38.3 Å². The van der Waals surface area contributed by atoms with Crippen molar-refractivity contribution in [3.8, 4) is 0 Å². The number of piperidine rings is 1. The first kappa shape index (κ1) is 19.3. The normalized spacial score (nSPS) is 15.3. The van der Waals surface area contributed by atoms with E-state index in [9.17, 15) is 17.6 Å². The Bertz CT molecular complexity index is 877. The molecule has 1 heterocycles. The van der Waals surface area contributed by atoms with Crippen molar-refractivity contribution in [2.75, 3.05) is 30.3 Å². The minimum Gasteiger partial charge on any atom is -0.376 e. The summed E-state index contributed by atoms with van der Waals surface area (Å²) in [5.74, 6) is -0.655. The van der Waals surface area contributed by atoms with Gasteiger partial charge in [-0.05, 0) is 61.4 Å². The first-order valence-electron chi connectivity index (χ1n) is 8.85. The Labute approximate surface area is 158 Å². The molecule has 0 aromatic heterocycles. The highest BCUT2D eigenvalue weighted by Gasteiger charge is 2.25. The summed E-state index contributed by atoms with van der Waals surface area (Å²) < 4.78 is 39.6. The van der Waals surface area contributed by atoms with Crippen molar-refractivity contribution in [1.29, 1.82) is 0 Å². The van der Waals surface area contributed by atoms with E-state index in [1.54, 1.807) is 24.3 Å². The van der Waals surface area contributed by atoms with Crippen LogP contribution in [0.4, 0.5) is 15.8 Å². The Morgan fingerprint density at radius 3 is 2.15 bits per heavy atom. The third-order valence-corrected chi connectivity index (χ3v) is 6.30. The van der Waals surface area contributed by atoms with Crippen LogP contribution in [0.25, 0.3) is 0 Å². The maximum atomic E-state index is 12.9. The molecule has 0 aliphatic carbocycles. The Morgan fingerprint density at radius 2 is 1.52 bits per heavy atom. The molecule has 2 aromatic carbocycles. The molecule has 0 bridgehead atoms. The summed E-state index contributed by atoms with van der Waals surface area (Å²) in [6.07, 6.45) is 2.85. The number of nitrogens with zero attached hydrogens (tertiary/aromatic N) is 1. The van der Waals surface area contributed by atoms with Gasteiger partial charge in [0.25, 0.3) is 0 Å². The zero-order valence-electron chi connectivity index (χ0n) is 14.8. The highest BCUT2D eigenvalue weighted by molar-refractivity contribution is 7.89. The number of anilines is 2. The van der Waals surface area contributed by atoms with E-state index >= 15 is 0 Å². The lowest BCUT2D eigenvalue weighted by Crippen LogP contribution is -2.35. The Morgan fingerprint density at radius 1 is 0.926 bits per heavy atom. The van der Waals surface area contributed by atoms with E-state index in [1.807, 2.05) is 0 Å². The molecule has 1 saturated heterocycles. The van der Waals surface area contributed by atoms with Crippen molar-refractivity contribution in [1.82, 2.24) is 4.31 Å². The summed E-state index contributed by atoms with van der Waals surface area (Å²) >= 11 is 0. The Hall–Kier alpha value is -2.45. The first-order valence-corrected chi connectivity index (χ1v) is 10.3. The Kier molecular flexibility index (Phi) is 6.08. The summed E-state index contributed by atoms with van der Waals surface area (Å²) in [7, 11) is -3.46. The van der Waals surface area contributed by atoms with E-state index < -0.39 is 10.0 Å². The van der Waals surface area contributed by atoms with E-state index in [2.05, 4.69) is 10.6 Å². The lowest BCUT2D eigenvalue weighted by molar-refractivity contribution is -0.114. The summed E-state index contributed by atoms with van der Waals surface area (Å²) in [5, 5.41) is 5.59. The number of carbonyl (C=O) groups is 1. The molecule has 1 aliphatic rings. The van der Waals surface area contributed by atoms with Gasteiger partial charge in [0.2, 0.25) is 15.9 Å². The van der Waals surface area contributed by atoms with E-state index in [0.29, 0.717) is 24.5 Å². The number of halogens is 1. The van der Waals surface area contributed by atoms with Gasteiger partial charge in [0.1, 0.15) is 5.82 Å². The maximum Gasteiger partial charge on any atom is 0.243 e. The van der Waals surface area contributed by atoms with E-state index in [4.69, 9.17) is 0 Å². The quantitative estimate of drug-likeness (QED) is 0.793. The summed E-state index contributed by atoms with van der Waals surface area (Å²) in [6, 6.07) is 11.9. The second-order valence-corrected chi connectivity index (χ2v) is 8.34. The predicted molar refractivity (Wildman–Crippen MR) is 103 cm³/mol. The van der Waals surface area contributed by atoms with Gasteiger partial charge in [0, 0.05) is 24.5 Å². The predicted octanol–water partition coefficient (Wildman–Crippen LogP) is 3.05. The average Bonchev–Trinajstić information content (AvgIpc) is 2.69. The fraction of sp³-hybridized carbons (Fsp3) is 0.316. The fourth-order valence-electron chi connectivity index (χ4n) is 2.92. The van der Waals surface area contributed by atoms with Crippen LogP contribution in [0.15, 0.2) is 53.4 Å². The molecule has 0 radical (unpaired) electrons. The molecular weight excluding hydrogens is 369 g/mol. The lowest BCUT2D eigenvalue weighted by Gasteiger charge is -2.25. The minimum absolute atomic E-state index is 0.00952. The van der Waals surface area contributed by atoms with Crippen LogP contribution in [0.5, 0.6) is 0 Å². The maximum absolute atomic E-state index is 12.9. The molecule has 0 spiro atoms. The van der Waals surface area contributed by atoms with Crippen molar-refractivity contribution in [2.24, 2.45) is 0 Å². The molecule has 0 unspecified atom stereocenters. The number of nitrogens with one attached hydrogen (secondary N) is 2. The number of hydrogen-bond donors (Lipinski definition) is 2. The van der Waals surface area contributed by atoms with Crippen LogP contribution >= 0.6 is 0 Å². The summed E-state index contributed by atoms with van der Waals surface area (Å²) in [6.45, 7) is 1.13. The third-order valence-electron chi connectivity index (χ3n) is 4.39. The van der Waals surface area contributed by atoms with Gasteiger partial charge in [0.05, 0.1) is 11.4 Å². The molecule has 0 atom stereocenters. The van der Waals surface area contributed by atoms with Gasteiger partial charge in [-0.3, -0.25) is 4.79 Å². The molecule has 8 heteroatoms. The largest absolute Gasteiger partial charge is 0.376 e. The standard InChI is InChI=1S/C19H22FN3O3S/c20-15-4-6-17(7-5-15)22-19(24)14-21-16-8-10-18(11-9-16)27(25,26)23-12-2-1-3-13-23/h4-11,21H,1-3,12-14H2,(H,22,24). The van der Waals surface area contributed by atoms with Crippen molar-refractivity contribution < 1.29 is 17.6 Å². The van der Waals surface area contributed by atoms with E-state index in [1.165, 1.54) is 28.6 Å². The van der Waals surface area contributed by atoms with Crippen LogP contribution in [0.2, 0.25) is 0 Å². The molecule has 1 fully saturated rings. The number of amides is 1. The zero-order valence-corrected chi connectivity index (χ0v) is 15.6. The number of rotatable bonds is 6. The highest BCUT2D eigenvalue weighted by Crippen LogP contribution is 2.22. The van der Waals surface area contributed by atoms with E-state index in [0.717, 1.165) is 19.3 Å². The molecule has 27 heavy (non-hydrogen) atoms. The van der Waals surface area contributed by atoms with Crippen LogP contribution in [0.3, 0.4) is 0 Å². The van der Waals surface area contributed by atoms with Crippen LogP contribution in [-0.2, 0) is 14.8 Å².